The van der Waals surface area contributed by atoms with Crippen LogP contribution in [0.2, 0.25) is 0 Å². The molecule has 0 N–H and O–H groups in total. The van der Waals surface area contributed by atoms with Gasteiger partial charge >= 0.3 is 12.4 Å². The van der Waals surface area contributed by atoms with Crippen molar-refractivity contribution in [3.05, 3.63) is 90.1 Å². The number of hydrogen-bond donors (Lipinski definition) is 0. The topological polar surface area (TPSA) is 59.9 Å². The van der Waals surface area contributed by atoms with Crippen molar-refractivity contribution < 1.29 is 34.8 Å². The highest BCUT2D eigenvalue weighted by Crippen LogP contribution is 2.35. The Morgan fingerprint density at radius 1 is 0.639 bits per heavy atom. The van der Waals surface area contributed by atoms with E-state index in [0.29, 0.717) is 17.2 Å². The molecule has 0 fully saturated rings. The second-order valence-electron chi connectivity index (χ2n) is 7.92. The lowest BCUT2D eigenvalue weighted by atomic mass is 10.0. The van der Waals surface area contributed by atoms with Gasteiger partial charge in [-0.2, -0.15) is 26.3 Å². The Kier molecular flexibility index (Phi) is 6.38. The third-order valence-electron chi connectivity index (χ3n) is 5.24. The van der Waals surface area contributed by atoms with E-state index >= 15 is 0 Å². The van der Waals surface area contributed by atoms with E-state index in [1.165, 1.54) is 24.3 Å². The van der Waals surface area contributed by atoms with Gasteiger partial charge in [-0.15, -0.1) is 0 Å². The maximum absolute atomic E-state index is 13.6. The van der Waals surface area contributed by atoms with Crippen LogP contribution < -0.4 is 0 Å². The number of nitrogens with zero attached hydrogens (tertiary/aromatic N) is 2. The third kappa shape index (κ3) is 5.56. The summed E-state index contributed by atoms with van der Waals surface area (Å²) in [5.74, 6) is -0.291. The van der Waals surface area contributed by atoms with Gasteiger partial charge in [0.2, 0.25) is 0 Å². The predicted molar refractivity (Wildman–Crippen MR) is 121 cm³/mol. The zero-order chi connectivity index (χ0) is 26.3. The van der Waals surface area contributed by atoms with E-state index < -0.39 is 33.4 Å². The average molecular weight is 522 g/mol. The third-order valence-corrected chi connectivity index (χ3v) is 6.35. The van der Waals surface area contributed by atoms with Crippen molar-refractivity contribution in [2.75, 3.05) is 6.26 Å². The summed E-state index contributed by atoms with van der Waals surface area (Å²) in [5, 5.41) is 0. The van der Waals surface area contributed by atoms with Gasteiger partial charge in [0.15, 0.2) is 15.7 Å². The van der Waals surface area contributed by atoms with Gasteiger partial charge in [-0.05, 0) is 47.5 Å². The van der Waals surface area contributed by atoms with Crippen LogP contribution in [0.4, 0.5) is 26.3 Å². The van der Waals surface area contributed by atoms with Crippen LogP contribution in [0, 0.1) is 0 Å². The lowest BCUT2D eigenvalue weighted by molar-refractivity contribution is -0.141. The van der Waals surface area contributed by atoms with Crippen LogP contribution in [0.1, 0.15) is 11.3 Å². The molecule has 0 saturated heterocycles. The summed E-state index contributed by atoms with van der Waals surface area (Å²) >= 11 is 0. The lowest BCUT2D eigenvalue weighted by Gasteiger charge is -2.13. The minimum Gasteiger partial charge on any atom is -0.228 e. The molecule has 11 heteroatoms. The van der Waals surface area contributed by atoms with Crippen molar-refractivity contribution >= 4 is 9.84 Å². The van der Waals surface area contributed by atoms with Gasteiger partial charge < -0.3 is 0 Å². The summed E-state index contributed by atoms with van der Waals surface area (Å²) in [4.78, 5) is 7.89. The van der Waals surface area contributed by atoms with Crippen molar-refractivity contribution in [3.63, 3.8) is 0 Å². The summed E-state index contributed by atoms with van der Waals surface area (Å²) < 4.78 is 103. The summed E-state index contributed by atoms with van der Waals surface area (Å²) in [6.45, 7) is 0. The number of sulfone groups is 1. The molecule has 0 bridgehead atoms. The molecule has 4 nitrogen and oxygen atoms in total. The molecule has 0 amide bonds. The van der Waals surface area contributed by atoms with Gasteiger partial charge in [0.05, 0.1) is 16.2 Å². The van der Waals surface area contributed by atoms with Crippen molar-refractivity contribution in [1.82, 2.24) is 9.97 Å². The molecule has 0 atom stereocenters. The first-order valence-electron chi connectivity index (χ1n) is 10.3. The van der Waals surface area contributed by atoms with E-state index in [1.54, 1.807) is 24.3 Å². The standard InChI is InChI=1S/C25H16F6N2O2S/c1-36(34,35)20-7-3-5-17(13-20)16-4-2-6-18(12-16)23-32-21(14-22(33-23)25(29,30)31)15-8-10-19(11-9-15)24(26,27)28/h2-14H,1H3. The molecule has 1 aromatic heterocycles. The first-order chi connectivity index (χ1) is 16.7. The van der Waals surface area contributed by atoms with Crippen molar-refractivity contribution in [2.45, 2.75) is 17.2 Å². The van der Waals surface area contributed by atoms with Gasteiger partial charge in [-0.3, -0.25) is 0 Å². The Bertz CT molecular complexity index is 1530. The Morgan fingerprint density at radius 3 is 1.81 bits per heavy atom. The molecule has 4 aromatic rings. The fourth-order valence-corrected chi connectivity index (χ4v) is 4.11. The molecule has 4 rings (SSSR count). The molecule has 0 aliphatic heterocycles. The van der Waals surface area contributed by atoms with Crippen LogP contribution in [0.5, 0.6) is 0 Å². The van der Waals surface area contributed by atoms with E-state index in [1.807, 2.05) is 0 Å². The zero-order valence-corrected chi connectivity index (χ0v) is 19.2. The van der Waals surface area contributed by atoms with Gasteiger partial charge in [-0.25, -0.2) is 18.4 Å². The molecule has 1 heterocycles. The normalized spacial score (nSPS) is 12.5. The largest absolute Gasteiger partial charge is 0.433 e. The molecular formula is C25H16F6N2O2S. The number of hydrogen-bond acceptors (Lipinski definition) is 4. The maximum atomic E-state index is 13.6. The first kappa shape index (κ1) is 25.4. The molecule has 0 unspecified atom stereocenters. The molecule has 186 valence electrons. The van der Waals surface area contributed by atoms with Gasteiger partial charge in [0.25, 0.3) is 0 Å². The molecule has 0 spiro atoms. The van der Waals surface area contributed by atoms with Crippen LogP contribution in [0.15, 0.2) is 83.8 Å². The second-order valence-corrected chi connectivity index (χ2v) is 9.93. The lowest BCUT2D eigenvalue weighted by Crippen LogP contribution is -2.10. The number of halogens is 6. The number of rotatable bonds is 4. The van der Waals surface area contributed by atoms with Gasteiger partial charge in [-0.1, -0.05) is 42.5 Å². The molecule has 3 aromatic carbocycles. The fraction of sp³-hybridized carbons (Fsp3) is 0.120. The highest BCUT2D eigenvalue weighted by molar-refractivity contribution is 7.90. The molecule has 0 saturated carbocycles. The van der Waals surface area contributed by atoms with Gasteiger partial charge in [0, 0.05) is 17.4 Å². The Balaban J connectivity index is 1.82. The fourth-order valence-electron chi connectivity index (χ4n) is 3.44. The van der Waals surface area contributed by atoms with E-state index in [4.69, 9.17) is 0 Å². The Morgan fingerprint density at radius 2 is 1.22 bits per heavy atom. The minimum absolute atomic E-state index is 0.0501. The number of aromatic nitrogens is 2. The quantitative estimate of drug-likeness (QED) is 0.273. The summed E-state index contributed by atoms with van der Waals surface area (Å²) in [7, 11) is -3.49. The van der Waals surface area contributed by atoms with Crippen molar-refractivity contribution in [3.8, 4) is 33.8 Å². The number of benzene rings is 3. The Hall–Kier alpha value is -3.73. The SMILES string of the molecule is CS(=O)(=O)c1cccc(-c2cccc(-c3nc(-c4ccc(C(F)(F)F)cc4)cc(C(F)(F)F)n3)c2)c1. The van der Waals surface area contributed by atoms with Crippen LogP contribution in [0.25, 0.3) is 33.8 Å². The van der Waals surface area contributed by atoms with Crippen molar-refractivity contribution in [1.29, 1.82) is 0 Å². The van der Waals surface area contributed by atoms with Crippen LogP contribution in [-0.2, 0) is 22.2 Å². The van der Waals surface area contributed by atoms with Crippen LogP contribution >= 0.6 is 0 Å². The molecular weight excluding hydrogens is 506 g/mol. The molecule has 0 aliphatic rings. The zero-order valence-electron chi connectivity index (χ0n) is 18.4. The van der Waals surface area contributed by atoms with Crippen LogP contribution in [-0.4, -0.2) is 24.6 Å². The monoisotopic (exact) mass is 522 g/mol. The Labute approximate surface area is 202 Å². The molecule has 0 aliphatic carbocycles. The molecule has 0 radical (unpaired) electrons. The van der Waals surface area contributed by atoms with Crippen molar-refractivity contribution in [2.24, 2.45) is 0 Å². The summed E-state index contributed by atoms with van der Waals surface area (Å²) in [6, 6.07) is 16.5. The van der Waals surface area contributed by atoms with Gasteiger partial charge in [0.1, 0.15) is 5.69 Å². The van der Waals surface area contributed by atoms with E-state index in [0.717, 1.165) is 30.5 Å². The molecule has 36 heavy (non-hydrogen) atoms. The summed E-state index contributed by atoms with van der Waals surface area (Å²) in [5.41, 5.74) is -1.13. The highest BCUT2D eigenvalue weighted by atomic mass is 32.2. The second kappa shape index (κ2) is 9.05. The van der Waals surface area contributed by atoms with E-state index in [9.17, 15) is 34.8 Å². The smallest absolute Gasteiger partial charge is 0.228 e. The summed E-state index contributed by atoms with van der Waals surface area (Å²) in [6.07, 6.45) is -8.37. The number of alkyl halides is 6. The van der Waals surface area contributed by atoms with E-state index in [2.05, 4.69) is 9.97 Å². The minimum atomic E-state index is -4.83. The van der Waals surface area contributed by atoms with Crippen LogP contribution in [0.3, 0.4) is 0 Å². The highest BCUT2D eigenvalue weighted by Gasteiger charge is 2.34. The first-order valence-corrected chi connectivity index (χ1v) is 12.2. The van der Waals surface area contributed by atoms with E-state index in [-0.39, 0.29) is 27.5 Å². The maximum Gasteiger partial charge on any atom is 0.433 e. The predicted octanol–water partition coefficient (Wildman–Crippen LogP) is 6.92. The average Bonchev–Trinajstić information content (AvgIpc) is 2.82.